The van der Waals surface area contributed by atoms with E-state index in [-0.39, 0.29) is 0 Å². The van der Waals surface area contributed by atoms with Crippen LogP contribution >= 0.6 is 23.2 Å². The van der Waals surface area contributed by atoms with E-state index >= 15 is 0 Å². The molecule has 0 aliphatic carbocycles. The third kappa shape index (κ3) is 3.54. The number of methoxy groups -OCH3 is 1. The highest BCUT2D eigenvalue weighted by Crippen LogP contribution is 2.32. The van der Waals surface area contributed by atoms with Crippen LogP contribution in [0.4, 0.5) is 0 Å². The molecule has 0 saturated heterocycles. The average Bonchev–Trinajstić information content (AvgIpc) is 2.17. The molecule has 84 valence electrons. The Morgan fingerprint density at radius 2 is 2.13 bits per heavy atom. The maximum absolute atomic E-state index is 5.99. The molecular weight excluding hydrogens is 235 g/mol. The van der Waals surface area contributed by atoms with Gasteiger partial charge in [0.15, 0.2) is 0 Å². The second-order valence-corrected chi connectivity index (χ2v) is 3.88. The minimum atomic E-state index is 0.455. The number of nitrogens with two attached hydrogens (primary N) is 1. The Balaban J connectivity index is 2.84. The van der Waals surface area contributed by atoms with Crippen molar-refractivity contribution < 1.29 is 4.74 Å². The van der Waals surface area contributed by atoms with E-state index in [4.69, 9.17) is 33.7 Å². The van der Waals surface area contributed by atoms with Crippen molar-refractivity contribution >= 4 is 23.2 Å². The number of hydrogen-bond donors (Lipinski definition) is 2. The molecule has 0 amide bonds. The Morgan fingerprint density at radius 3 is 2.73 bits per heavy atom. The molecule has 1 aromatic rings. The average molecular weight is 249 g/mol. The number of benzene rings is 1. The molecule has 15 heavy (non-hydrogen) atoms. The lowest BCUT2D eigenvalue weighted by atomic mass is 10.1. The van der Waals surface area contributed by atoms with Crippen molar-refractivity contribution in [2.24, 2.45) is 5.73 Å². The third-order valence-corrected chi connectivity index (χ3v) is 2.50. The molecule has 5 heteroatoms. The van der Waals surface area contributed by atoms with Gasteiger partial charge in [-0.25, -0.2) is 0 Å². The van der Waals surface area contributed by atoms with Crippen LogP contribution < -0.4 is 15.8 Å². The first kappa shape index (κ1) is 12.6. The number of ether oxygens (including phenoxy) is 1. The van der Waals surface area contributed by atoms with Gasteiger partial charge >= 0.3 is 0 Å². The van der Waals surface area contributed by atoms with Crippen LogP contribution in [0.3, 0.4) is 0 Å². The van der Waals surface area contributed by atoms with Crippen LogP contribution in [0, 0.1) is 0 Å². The van der Waals surface area contributed by atoms with Gasteiger partial charge in [-0.3, -0.25) is 0 Å². The van der Waals surface area contributed by atoms with Crippen LogP contribution in [0.1, 0.15) is 5.56 Å². The van der Waals surface area contributed by atoms with Crippen LogP contribution in [0.2, 0.25) is 10.0 Å². The van der Waals surface area contributed by atoms with E-state index in [9.17, 15) is 0 Å². The highest BCUT2D eigenvalue weighted by Gasteiger charge is 2.08. The van der Waals surface area contributed by atoms with Gasteiger partial charge in [0.25, 0.3) is 0 Å². The summed E-state index contributed by atoms with van der Waals surface area (Å²) in [6.45, 7) is 1.22. The molecule has 3 nitrogen and oxygen atoms in total. The van der Waals surface area contributed by atoms with Crippen molar-refractivity contribution in [1.82, 2.24) is 5.32 Å². The number of rotatable bonds is 5. The molecule has 0 bridgehead atoms. The highest BCUT2D eigenvalue weighted by atomic mass is 35.5. The van der Waals surface area contributed by atoms with Crippen LogP contribution in [0.25, 0.3) is 0 Å². The molecule has 0 aromatic heterocycles. The lowest BCUT2D eigenvalue weighted by molar-refractivity contribution is 0.409. The second-order valence-electron chi connectivity index (χ2n) is 3.03. The van der Waals surface area contributed by atoms with Gasteiger partial charge in [0.05, 0.1) is 12.1 Å². The smallest absolute Gasteiger partial charge is 0.140 e. The summed E-state index contributed by atoms with van der Waals surface area (Å²) in [6, 6.07) is 3.52. The van der Waals surface area contributed by atoms with Crippen molar-refractivity contribution in [3.63, 3.8) is 0 Å². The van der Waals surface area contributed by atoms with Crippen LogP contribution in [0.5, 0.6) is 5.75 Å². The zero-order valence-corrected chi connectivity index (χ0v) is 10.0. The molecule has 0 aliphatic rings. The van der Waals surface area contributed by atoms with Crippen molar-refractivity contribution in [3.8, 4) is 5.75 Å². The Hall–Kier alpha value is -0.480. The van der Waals surface area contributed by atoms with E-state index in [0.29, 0.717) is 22.5 Å². The van der Waals surface area contributed by atoms with Gasteiger partial charge in [0, 0.05) is 18.2 Å². The fraction of sp³-hybridized carbons (Fsp3) is 0.400. The van der Waals surface area contributed by atoms with Gasteiger partial charge < -0.3 is 15.8 Å². The van der Waals surface area contributed by atoms with E-state index in [1.807, 2.05) is 6.07 Å². The van der Waals surface area contributed by atoms with E-state index in [1.54, 1.807) is 13.2 Å². The summed E-state index contributed by atoms with van der Waals surface area (Å²) in [5.41, 5.74) is 6.31. The van der Waals surface area contributed by atoms with Gasteiger partial charge in [-0.05, 0) is 24.1 Å². The molecule has 1 rings (SSSR count). The van der Waals surface area contributed by atoms with Gasteiger partial charge in [0.2, 0.25) is 0 Å². The Labute approximate surface area is 99.5 Å². The summed E-state index contributed by atoms with van der Waals surface area (Å²) >= 11 is 11.9. The minimum Gasteiger partial charge on any atom is -0.495 e. The Kier molecular flexibility index (Phi) is 5.19. The normalized spacial score (nSPS) is 10.4. The zero-order valence-electron chi connectivity index (χ0n) is 8.52. The summed E-state index contributed by atoms with van der Waals surface area (Å²) in [6.07, 6.45) is 0.778. The lowest BCUT2D eigenvalue weighted by Crippen LogP contribution is -2.24. The largest absolute Gasteiger partial charge is 0.495 e. The van der Waals surface area contributed by atoms with Gasteiger partial charge in [-0.2, -0.15) is 0 Å². The van der Waals surface area contributed by atoms with Crippen LogP contribution in [-0.2, 0) is 6.42 Å². The zero-order chi connectivity index (χ0) is 11.3. The first-order valence-electron chi connectivity index (χ1n) is 4.61. The van der Waals surface area contributed by atoms with Crippen molar-refractivity contribution in [1.29, 1.82) is 0 Å². The molecule has 0 saturated carbocycles. The van der Waals surface area contributed by atoms with E-state index in [0.717, 1.165) is 18.5 Å². The molecular formula is C10H14Cl2N2O. The fourth-order valence-electron chi connectivity index (χ4n) is 1.35. The molecule has 1 aromatic carbocycles. The first-order valence-corrected chi connectivity index (χ1v) is 5.37. The topological polar surface area (TPSA) is 47.3 Å². The summed E-state index contributed by atoms with van der Waals surface area (Å²) in [5, 5.41) is 4.17. The third-order valence-electron chi connectivity index (χ3n) is 2.00. The van der Waals surface area contributed by atoms with Crippen LogP contribution in [-0.4, -0.2) is 20.3 Å². The van der Waals surface area contributed by atoms with Crippen molar-refractivity contribution in [2.45, 2.75) is 6.42 Å². The second kappa shape index (κ2) is 6.18. The van der Waals surface area contributed by atoms with E-state index < -0.39 is 0 Å². The summed E-state index contributed by atoms with van der Waals surface area (Å²) in [4.78, 5) is 0. The molecule has 0 atom stereocenters. The summed E-state index contributed by atoms with van der Waals surface area (Å²) in [7, 11) is 1.59. The summed E-state index contributed by atoms with van der Waals surface area (Å²) < 4.78 is 5.21. The SMILES string of the molecule is COc1c(Cl)cc(Cl)cc1CCNCN. The highest BCUT2D eigenvalue weighted by molar-refractivity contribution is 6.35. The predicted molar refractivity (Wildman–Crippen MR) is 63.8 cm³/mol. The standard InChI is InChI=1S/C10H14Cl2N2O/c1-15-10-7(2-3-14-6-13)4-8(11)5-9(10)12/h4-5,14H,2-3,6,13H2,1H3. The maximum Gasteiger partial charge on any atom is 0.140 e. The quantitative estimate of drug-likeness (QED) is 0.620. The molecule has 3 N–H and O–H groups in total. The van der Waals surface area contributed by atoms with E-state index in [2.05, 4.69) is 5.32 Å². The lowest BCUT2D eigenvalue weighted by Gasteiger charge is -2.11. The van der Waals surface area contributed by atoms with Gasteiger partial charge in [0.1, 0.15) is 5.75 Å². The predicted octanol–water partition coefficient (Wildman–Crippen LogP) is 2.05. The molecule has 0 fully saturated rings. The summed E-state index contributed by atoms with van der Waals surface area (Å²) in [5.74, 6) is 0.680. The van der Waals surface area contributed by atoms with Gasteiger partial charge in [-0.1, -0.05) is 23.2 Å². The number of nitrogens with one attached hydrogen (secondary N) is 1. The van der Waals surface area contributed by atoms with Crippen molar-refractivity contribution in [3.05, 3.63) is 27.7 Å². The molecule has 0 unspecified atom stereocenters. The Morgan fingerprint density at radius 1 is 1.40 bits per heavy atom. The van der Waals surface area contributed by atoms with Crippen LogP contribution in [0.15, 0.2) is 12.1 Å². The first-order chi connectivity index (χ1) is 7.19. The Bertz CT molecular complexity index is 331. The van der Waals surface area contributed by atoms with E-state index in [1.165, 1.54) is 0 Å². The molecule has 0 aliphatic heterocycles. The molecule has 0 heterocycles. The van der Waals surface area contributed by atoms with Crippen molar-refractivity contribution in [2.75, 3.05) is 20.3 Å². The number of halogens is 2. The maximum atomic E-state index is 5.99. The number of hydrogen-bond acceptors (Lipinski definition) is 3. The monoisotopic (exact) mass is 248 g/mol. The fourth-order valence-corrected chi connectivity index (χ4v) is 1.97. The molecule has 0 radical (unpaired) electrons. The minimum absolute atomic E-state index is 0.455. The molecule has 0 spiro atoms. The van der Waals surface area contributed by atoms with Gasteiger partial charge in [-0.15, -0.1) is 0 Å².